The molecule has 0 N–H and O–H groups in total. The number of nitrogens with zero attached hydrogens (tertiary/aromatic N) is 1. The monoisotopic (exact) mass is 429 g/mol. The molecule has 158 valence electrons. The van der Waals surface area contributed by atoms with Gasteiger partial charge in [0.1, 0.15) is 11.5 Å². The Morgan fingerprint density at radius 3 is 1.77 bits per heavy atom. The lowest BCUT2D eigenvalue weighted by molar-refractivity contribution is -0.275. The van der Waals surface area contributed by atoms with Gasteiger partial charge in [-0.1, -0.05) is 24.3 Å². The second-order valence-corrected chi connectivity index (χ2v) is 5.93. The molecule has 1 heterocycles. The van der Waals surface area contributed by atoms with Crippen molar-refractivity contribution in [2.45, 2.75) is 12.7 Å². The zero-order valence-electron chi connectivity index (χ0n) is 15.2. The van der Waals surface area contributed by atoms with Gasteiger partial charge < -0.3 is 14.2 Å². The molecule has 2 aromatic carbocycles. The minimum Gasteiger partial charge on any atom is -0.481 e. The molecular formula is C20H13F6NO3. The van der Waals surface area contributed by atoms with Crippen molar-refractivity contribution in [2.24, 2.45) is 0 Å². The number of pyridine rings is 1. The van der Waals surface area contributed by atoms with E-state index in [9.17, 15) is 26.3 Å². The van der Waals surface area contributed by atoms with E-state index in [4.69, 9.17) is 4.74 Å². The molecule has 4 nitrogen and oxygen atoms in total. The average molecular weight is 429 g/mol. The van der Waals surface area contributed by atoms with Crippen LogP contribution in [0.5, 0.6) is 17.4 Å². The Morgan fingerprint density at radius 2 is 1.23 bits per heavy atom. The van der Waals surface area contributed by atoms with Crippen LogP contribution in [0.4, 0.5) is 26.3 Å². The lowest BCUT2D eigenvalue weighted by Crippen LogP contribution is -2.17. The van der Waals surface area contributed by atoms with Crippen LogP contribution in [0, 0.1) is 0 Å². The van der Waals surface area contributed by atoms with Crippen molar-refractivity contribution >= 4 is 0 Å². The highest BCUT2D eigenvalue weighted by atomic mass is 19.4. The molecule has 10 heteroatoms. The molecule has 30 heavy (non-hydrogen) atoms. The summed E-state index contributed by atoms with van der Waals surface area (Å²) in [5, 5.41) is 0. The van der Waals surface area contributed by atoms with E-state index in [1.807, 2.05) is 0 Å². The number of aromatic nitrogens is 1. The highest BCUT2D eigenvalue weighted by molar-refractivity contribution is 5.76. The molecule has 1 aromatic heterocycles. The van der Waals surface area contributed by atoms with E-state index >= 15 is 0 Å². The molecule has 3 rings (SSSR count). The van der Waals surface area contributed by atoms with Crippen LogP contribution in [0.3, 0.4) is 0 Å². The van der Waals surface area contributed by atoms with Gasteiger partial charge in [-0.2, -0.15) is 0 Å². The third kappa shape index (κ3) is 5.56. The van der Waals surface area contributed by atoms with E-state index in [0.717, 1.165) is 18.2 Å². The van der Waals surface area contributed by atoms with Crippen LogP contribution in [0.1, 0.15) is 0 Å². The summed E-state index contributed by atoms with van der Waals surface area (Å²) >= 11 is 0. The minimum atomic E-state index is -4.86. The first-order valence-corrected chi connectivity index (χ1v) is 8.30. The van der Waals surface area contributed by atoms with E-state index in [2.05, 4.69) is 14.5 Å². The first-order chi connectivity index (χ1) is 14.0. The average Bonchev–Trinajstić information content (AvgIpc) is 2.65. The van der Waals surface area contributed by atoms with Crippen LogP contribution >= 0.6 is 0 Å². The maximum Gasteiger partial charge on any atom is 0.573 e. The van der Waals surface area contributed by atoms with Crippen molar-refractivity contribution in [1.82, 2.24) is 4.98 Å². The predicted octanol–water partition coefficient (Wildman–Crippen LogP) is 6.22. The molecule has 0 saturated heterocycles. The van der Waals surface area contributed by atoms with Gasteiger partial charge in [0.25, 0.3) is 0 Å². The Labute approximate surface area is 166 Å². The SMILES string of the molecule is COc1ncc(-c2cccc(OC(F)(F)F)c2)cc1-c1cccc(OC(F)(F)F)c1. The molecule has 0 atom stereocenters. The number of rotatable bonds is 5. The normalized spacial score (nSPS) is 11.8. The second-order valence-electron chi connectivity index (χ2n) is 5.93. The van der Waals surface area contributed by atoms with E-state index < -0.39 is 24.2 Å². The summed E-state index contributed by atoms with van der Waals surface area (Å²) in [4.78, 5) is 4.11. The number of hydrogen-bond acceptors (Lipinski definition) is 4. The zero-order valence-corrected chi connectivity index (χ0v) is 15.2. The van der Waals surface area contributed by atoms with E-state index in [1.165, 1.54) is 43.6 Å². The van der Waals surface area contributed by atoms with Crippen LogP contribution in [-0.2, 0) is 0 Å². The molecule has 0 radical (unpaired) electrons. The fourth-order valence-corrected chi connectivity index (χ4v) is 2.71. The molecule has 0 spiro atoms. The van der Waals surface area contributed by atoms with Gasteiger partial charge in [-0.3, -0.25) is 0 Å². The summed E-state index contributed by atoms with van der Waals surface area (Å²) in [5.74, 6) is -0.739. The number of ether oxygens (including phenoxy) is 3. The van der Waals surface area contributed by atoms with E-state index in [-0.39, 0.29) is 5.88 Å². The Balaban J connectivity index is 2.01. The topological polar surface area (TPSA) is 40.6 Å². The Kier molecular flexibility index (Phi) is 5.77. The van der Waals surface area contributed by atoms with E-state index in [0.29, 0.717) is 22.3 Å². The first kappa shape index (κ1) is 21.3. The smallest absolute Gasteiger partial charge is 0.481 e. The Morgan fingerprint density at radius 1 is 0.700 bits per heavy atom. The van der Waals surface area contributed by atoms with Crippen LogP contribution in [0.15, 0.2) is 60.8 Å². The van der Waals surface area contributed by atoms with Gasteiger partial charge >= 0.3 is 12.7 Å². The van der Waals surface area contributed by atoms with Crippen molar-refractivity contribution in [2.75, 3.05) is 7.11 Å². The quantitative estimate of drug-likeness (QED) is 0.452. The first-order valence-electron chi connectivity index (χ1n) is 8.30. The largest absolute Gasteiger partial charge is 0.573 e. The Hall–Kier alpha value is -3.43. The summed E-state index contributed by atoms with van der Waals surface area (Å²) in [7, 11) is 1.33. The summed E-state index contributed by atoms with van der Waals surface area (Å²) in [6, 6.07) is 11.9. The zero-order chi connectivity index (χ0) is 21.9. The summed E-state index contributed by atoms with van der Waals surface area (Å²) in [6.07, 6.45) is -8.34. The van der Waals surface area contributed by atoms with Gasteiger partial charge in [-0.05, 0) is 41.5 Å². The van der Waals surface area contributed by atoms with Crippen LogP contribution in [0.2, 0.25) is 0 Å². The van der Waals surface area contributed by atoms with Crippen LogP contribution in [-0.4, -0.2) is 24.8 Å². The Bertz CT molecular complexity index is 1030. The van der Waals surface area contributed by atoms with Gasteiger partial charge in [0.2, 0.25) is 5.88 Å². The number of halogens is 6. The summed E-state index contributed by atoms with van der Waals surface area (Å²) in [6.45, 7) is 0. The molecular weight excluding hydrogens is 416 g/mol. The fraction of sp³-hybridized carbons (Fsp3) is 0.150. The lowest BCUT2D eigenvalue weighted by Gasteiger charge is -2.13. The molecule has 0 amide bonds. The number of hydrogen-bond donors (Lipinski definition) is 0. The van der Waals surface area contributed by atoms with Gasteiger partial charge in [0.15, 0.2) is 0 Å². The van der Waals surface area contributed by atoms with Gasteiger partial charge in [-0.15, -0.1) is 26.3 Å². The van der Waals surface area contributed by atoms with Crippen LogP contribution in [0.25, 0.3) is 22.3 Å². The highest BCUT2D eigenvalue weighted by Gasteiger charge is 2.32. The molecule has 0 saturated carbocycles. The molecule has 0 aliphatic carbocycles. The molecule has 0 fully saturated rings. The number of benzene rings is 2. The van der Waals surface area contributed by atoms with Crippen molar-refractivity contribution < 1.29 is 40.6 Å². The fourth-order valence-electron chi connectivity index (χ4n) is 2.71. The molecule has 0 unspecified atom stereocenters. The van der Waals surface area contributed by atoms with Crippen LogP contribution < -0.4 is 14.2 Å². The molecule has 3 aromatic rings. The summed E-state index contributed by atoms with van der Waals surface area (Å²) in [5.41, 5.74) is 1.40. The molecule has 0 bridgehead atoms. The molecule has 0 aliphatic heterocycles. The number of alkyl halides is 6. The van der Waals surface area contributed by atoms with Gasteiger partial charge in [-0.25, -0.2) is 4.98 Å². The second kappa shape index (κ2) is 8.13. The minimum absolute atomic E-state index is 0.116. The van der Waals surface area contributed by atoms with Gasteiger partial charge in [0.05, 0.1) is 7.11 Å². The standard InChI is InChI=1S/C20H13F6NO3/c1-28-18-17(13-5-3-7-16(9-13)30-20(24,25)26)10-14(11-27-18)12-4-2-6-15(8-12)29-19(21,22)23/h2-11H,1H3. The molecule has 0 aliphatic rings. The third-order valence-electron chi connectivity index (χ3n) is 3.82. The van der Waals surface area contributed by atoms with Crippen molar-refractivity contribution in [1.29, 1.82) is 0 Å². The maximum atomic E-state index is 12.5. The van der Waals surface area contributed by atoms with E-state index in [1.54, 1.807) is 6.07 Å². The third-order valence-corrected chi connectivity index (χ3v) is 3.82. The predicted molar refractivity (Wildman–Crippen MR) is 95.0 cm³/mol. The summed E-state index contributed by atoms with van der Waals surface area (Å²) < 4.78 is 88.0. The maximum absolute atomic E-state index is 12.5. The lowest BCUT2D eigenvalue weighted by atomic mass is 10.0. The van der Waals surface area contributed by atoms with Gasteiger partial charge in [0, 0.05) is 17.3 Å². The number of methoxy groups -OCH3 is 1. The van der Waals surface area contributed by atoms with Crippen molar-refractivity contribution in [3.63, 3.8) is 0 Å². The van der Waals surface area contributed by atoms with Crippen molar-refractivity contribution in [3.8, 4) is 39.6 Å². The highest BCUT2D eigenvalue weighted by Crippen LogP contribution is 2.36. The van der Waals surface area contributed by atoms with Crippen molar-refractivity contribution in [3.05, 3.63) is 60.8 Å².